The van der Waals surface area contributed by atoms with E-state index in [1.807, 2.05) is 0 Å². The molecular weight excluding hydrogens is 1210 g/mol. The molecule has 0 amide bonds. The number of hydrogen-bond donors (Lipinski definition) is 3. The van der Waals surface area contributed by atoms with E-state index >= 15 is 0 Å². The van der Waals surface area contributed by atoms with Crippen LogP contribution >= 0.6 is 15.6 Å². The molecule has 0 heterocycles. The number of unbranched alkanes of at least 4 members (excludes halogenated alkanes) is 44. The predicted molar refractivity (Wildman–Crippen MR) is 372 cm³/mol. The van der Waals surface area contributed by atoms with Gasteiger partial charge in [-0.3, -0.25) is 37.3 Å². The van der Waals surface area contributed by atoms with Crippen molar-refractivity contribution in [3.05, 3.63) is 0 Å². The van der Waals surface area contributed by atoms with Crippen LogP contribution in [0.2, 0.25) is 0 Å². The molecule has 6 atom stereocenters. The summed E-state index contributed by atoms with van der Waals surface area (Å²) in [7, 11) is -9.90. The minimum atomic E-state index is -4.95. The molecule has 19 heteroatoms. The molecule has 546 valence electrons. The van der Waals surface area contributed by atoms with Crippen LogP contribution in [0.1, 0.15) is 381 Å². The fourth-order valence-corrected chi connectivity index (χ4v) is 12.7. The number of carbonyl (C=O) groups excluding carboxylic acids is 4. The van der Waals surface area contributed by atoms with E-state index in [0.717, 1.165) is 95.8 Å². The lowest BCUT2D eigenvalue weighted by molar-refractivity contribution is -0.161. The predicted octanol–water partition coefficient (Wildman–Crippen LogP) is 21.3. The summed E-state index contributed by atoms with van der Waals surface area (Å²) < 4.78 is 68.3. The summed E-state index contributed by atoms with van der Waals surface area (Å²) in [5.74, 6) is -1.34. The first-order valence-corrected chi connectivity index (χ1v) is 41.2. The van der Waals surface area contributed by atoms with Gasteiger partial charge in [0, 0.05) is 25.7 Å². The molecular formula is C73H142O17P2. The molecule has 92 heavy (non-hydrogen) atoms. The van der Waals surface area contributed by atoms with Crippen molar-refractivity contribution in [2.24, 2.45) is 5.92 Å². The minimum absolute atomic E-state index is 0.107. The molecule has 0 saturated heterocycles. The molecule has 0 aliphatic rings. The Hall–Kier alpha value is -1.94. The van der Waals surface area contributed by atoms with Gasteiger partial charge < -0.3 is 33.8 Å². The normalized spacial score (nSPS) is 14.3. The number of phosphoric ester groups is 2. The fourth-order valence-electron chi connectivity index (χ4n) is 11.1. The van der Waals surface area contributed by atoms with Gasteiger partial charge in [0.2, 0.25) is 0 Å². The topological polar surface area (TPSA) is 237 Å². The number of aliphatic hydroxyl groups excluding tert-OH is 1. The van der Waals surface area contributed by atoms with Crippen molar-refractivity contribution in [1.82, 2.24) is 0 Å². The summed E-state index contributed by atoms with van der Waals surface area (Å²) in [5.41, 5.74) is 0. The molecule has 0 bridgehead atoms. The van der Waals surface area contributed by atoms with Gasteiger partial charge in [0.05, 0.1) is 26.4 Å². The van der Waals surface area contributed by atoms with Crippen LogP contribution in [0.4, 0.5) is 0 Å². The third-order valence-electron chi connectivity index (χ3n) is 17.4. The van der Waals surface area contributed by atoms with Gasteiger partial charge in [-0.2, -0.15) is 0 Å². The van der Waals surface area contributed by atoms with Gasteiger partial charge in [0.1, 0.15) is 19.3 Å². The van der Waals surface area contributed by atoms with Crippen LogP contribution in [0.3, 0.4) is 0 Å². The number of carbonyl (C=O) groups is 4. The molecule has 0 rings (SSSR count). The molecule has 0 aliphatic carbocycles. The zero-order valence-electron chi connectivity index (χ0n) is 59.7. The van der Waals surface area contributed by atoms with E-state index in [9.17, 15) is 43.2 Å². The summed E-state index contributed by atoms with van der Waals surface area (Å²) in [6.45, 7) is 7.25. The van der Waals surface area contributed by atoms with Gasteiger partial charge in [-0.15, -0.1) is 0 Å². The molecule has 3 N–H and O–H groups in total. The summed E-state index contributed by atoms with van der Waals surface area (Å²) >= 11 is 0. The molecule has 17 nitrogen and oxygen atoms in total. The maximum absolute atomic E-state index is 13.0. The van der Waals surface area contributed by atoms with Crippen molar-refractivity contribution >= 4 is 39.5 Å². The SMILES string of the molecule is CCCCCCCCCCCCCCCCCCCCCCC(=O)O[C@H](COC(=O)CCCCCCCCCCC(C)CC)COP(=O)(O)OC[C@@H](O)COP(=O)(O)OC[C@@H](COC(=O)CCCCCCCCCCCC)OC(=O)CCCCCCCCCCCC. The number of esters is 4. The lowest BCUT2D eigenvalue weighted by atomic mass is 9.99. The molecule has 0 spiro atoms. The van der Waals surface area contributed by atoms with Crippen LogP contribution in [-0.4, -0.2) is 96.7 Å². The quantitative estimate of drug-likeness (QED) is 0.0222. The zero-order valence-corrected chi connectivity index (χ0v) is 61.5. The molecule has 0 aliphatic heterocycles. The lowest BCUT2D eigenvalue weighted by Crippen LogP contribution is -2.30. The van der Waals surface area contributed by atoms with Crippen molar-refractivity contribution in [2.45, 2.75) is 400 Å². The van der Waals surface area contributed by atoms with Gasteiger partial charge in [-0.25, -0.2) is 9.13 Å². The van der Waals surface area contributed by atoms with Crippen LogP contribution in [0.15, 0.2) is 0 Å². The monoisotopic (exact) mass is 1350 g/mol. The van der Waals surface area contributed by atoms with Crippen molar-refractivity contribution < 1.29 is 80.2 Å². The summed E-state index contributed by atoms with van der Waals surface area (Å²) in [5, 5.41) is 10.6. The van der Waals surface area contributed by atoms with Crippen molar-refractivity contribution in [2.75, 3.05) is 39.6 Å². The largest absolute Gasteiger partial charge is 0.472 e. The first-order valence-electron chi connectivity index (χ1n) is 38.2. The number of phosphoric acid groups is 2. The second-order valence-corrected chi connectivity index (χ2v) is 29.5. The third kappa shape index (κ3) is 65.4. The van der Waals surface area contributed by atoms with Crippen LogP contribution in [0.5, 0.6) is 0 Å². The minimum Gasteiger partial charge on any atom is -0.462 e. The molecule has 0 aromatic rings. The standard InChI is InChI=1S/C73H142O17P2/c1-6-10-13-16-19-22-25-26-27-28-29-30-31-32-33-34-37-44-49-54-59-73(78)90-69(63-84-71(76)57-52-47-42-39-38-40-45-50-55-66(5)9-4)65-88-92(81,82)86-61-67(74)60-85-91(79,80)87-64-68(89-72(77)58-53-48-43-36-24-21-18-15-12-8-3)62-83-70(75)56-51-46-41-35-23-20-17-14-11-7-2/h66-69,74H,6-65H2,1-5H3,(H,79,80)(H,81,82)/t66?,67-,68+,69+/m0/s1. The van der Waals surface area contributed by atoms with Crippen molar-refractivity contribution in [3.8, 4) is 0 Å². The molecule has 0 radical (unpaired) electrons. The number of hydrogen-bond acceptors (Lipinski definition) is 15. The smallest absolute Gasteiger partial charge is 0.462 e. The van der Waals surface area contributed by atoms with Gasteiger partial charge in [-0.05, 0) is 31.6 Å². The zero-order chi connectivity index (χ0) is 67.7. The number of rotatable bonds is 73. The van der Waals surface area contributed by atoms with Gasteiger partial charge in [0.15, 0.2) is 12.2 Å². The number of ether oxygens (including phenoxy) is 4. The number of aliphatic hydroxyl groups is 1. The Labute approximate surface area is 562 Å². The van der Waals surface area contributed by atoms with Gasteiger partial charge in [-0.1, -0.05) is 330 Å². The maximum atomic E-state index is 13.0. The Balaban J connectivity index is 5.19. The Kier molecular flexibility index (Phi) is 64.9. The Morgan fingerprint density at radius 2 is 0.522 bits per heavy atom. The van der Waals surface area contributed by atoms with Gasteiger partial charge >= 0.3 is 39.5 Å². The van der Waals surface area contributed by atoms with E-state index in [2.05, 4.69) is 34.6 Å². The third-order valence-corrected chi connectivity index (χ3v) is 19.3. The van der Waals surface area contributed by atoms with E-state index in [4.69, 9.17) is 37.0 Å². The summed E-state index contributed by atoms with van der Waals surface area (Å²) in [6.07, 6.45) is 54.1. The highest BCUT2D eigenvalue weighted by atomic mass is 31.2. The van der Waals surface area contributed by atoms with E-state index < -0.39 is 97.5 Å². The van der Waals surface area contributed by atoms with E-state index in [1.165, 1.54) is 205 Å². The average Bonchev–Trinajstić information content (AvgIpc) is 3.53. The highest BCUT2D eigenvalue weighted by Gasteiger charge is 2.30. The Morgan fingerprint density at radius 1 is 0.304 bits per heavy atom. The lowest BCUT2D eigenvalue weighted by Gasteiger charge is -2.21. The first kappa shape index (κ1) is 90.1. The Bertz CT molecular complexity index is 1770. The highest BCUT2D eigenvalue weighted by molar-refractivity contribution is 7.47. The molecule has 3 unspecified atom stereocenters. The second-order valence-electron chi connectivity index (χ2n) is 26.6. The molecule has 0 aromatic heterocycles. The van der Waals surface area contributed by atoms with E-state index in [0.29, 0.717) is 25.7 Å². The van der Waals surface area contributed by atoms with Crippen LogP contribution in [0, 0.1) is 5.92 Å². The van der Waals surface area contributed by atoms with E-state index in [1.54, 1.807) is 0 Å². The summed E-state index contributed by atoms with van der Waals surface area (Å²) in [6, 6.07) is 0. The first-order chi connectivity index (χ1) is 44.6. The summed E-state index contributed by atoms with van der Waals surface area (Å²) in [4.78, 5) is 72.6. The van der Waals surface area contributed by atoms with Crippen molar-refractivity contribution in [3.63, 3.8) is 0 Å². The van der Waals surface area contributed by atoms with Crippen molar-refractivity contribution in [1.29, 1.82) is 0 Å². The van der Waals surface area contributed by atoms with Gasteiger partial charge in [0.25, 0.3) is 0 Å². The van der Waals surface area contributed by atoms with Crippen LogP contribution in [-0.2, 0) is 65.4 Å². The average molecular weight is 1350 g/mol. The molecule has 0 saturated carbocycles. The second kappa shape index (κ2) is 66.3. The van der Waals surface area contributed by atoms with Crippen LogP contribution < -0.4 is 0 Å². The van der Waals surface area contributed by atoms with E-state index in [-0.39, 0.29) is 25.7 Å². The highest BCUT2D eigenvalue weighted by Crippen LogP contribution is 2.45. The van der Waals surface area contributed by atoms with Crippen LogP contribution in [0.25, 0.3) is 0 Å². The maximum Gasteiger partial charge on any atom is 0.472 e. The molecule has 0 aromatic carbocycles. The fraction of sp³-hybridized carbons (Fsp3) is 0.945. The molecule has 0 fully saturated rings. The Morgan fingerprint density at radius 3 is 0.772 bits per heavy atom.